The minimum atomic E-state index is -1.09. The Morgan fingerprint density at radius 3 is 1.66 bits per heavy atom. The summed E-state index contributed by atoms with van der Waals surface area (Å²) in [7, 11) is 0. The zero-order valence-electron chi connectivity index (χ0n) is 21.7. The summed E-state index contributed by atoms with van der Waals surface area (Å²) in [5.74, 6) is 0. The Bertz CT molecular complexity index is 1750. The molecule has 200 valence electrons. The maximum absolute atomic E-state index is 6.42. The van der Waals surface area contributed by atoms with Gasteiger partial charge in [0.1, 0.15) is 0 Å². The predicted octanol–water partition coefficient (Wildman–Crippen LogP) is 9.63. The van der Waals surface area contributed by atoms with Crippen molar-refractivity contribution in [1.29, 1.82) is 0 Å². The molecular weight excluding hydrogens is 658 g/mol. The van der Waals surface area contributed by atoms with E-state index in [0.29, 0.717) is 5.11 Å². The van der Waals surface area contributed by atoms with Crippen molar-refractivity contribution in [2.75, 3.05) is 9.80 Å². The molecule has 0 bridgehead atoms. The first kappa shape index (κ1) is 26.1. The highest BCUT2D eigenvalue weighted by atomic mass is 79.9. The van der Waals surface area contributed by atoms with E-state index in [2.05, 4.69) is 90.2 Å². The summed E-state index contributed by atoms with van der Waals surface area (Å²) in [6.07, 6.45) is 0. The summed E-state index contributed by atoms with van der Waals surface area (Å²) in [6.45, 7) is 0. The molecule has 2 aliphatic rings. The quantitative estimate of drug-likeness (QED) is 0.137. The monoisotopic (exact) mass is 679 g/mol. The van der Waals surface area contributed by atoms with Gasteiger partial charge >= 0.3 is 0 Å². The molecule has 0 aliphatic carbocycles. The molecule has 8 heteroatoms. The van der Waals surface area contributed by atoms with E-state index in [0.717, 1.165) is 37.1 Å². The normalized spacial score (nSPS) is 21.4. The van der Waals surface area contributed by atoms with E-state index < -0.39 is 11.3 Å². The molecule has 0 amide bonds. The molecule has 5 aromatic rings. The molecule has 2 aliphatic heterocycles. The SMILES string of the molecule is S=C1N(c2ccccc2)C2(c3ccccc3)N=[N+](c3ccc(Br)cc3)[N-]C2(c2ccccc2)N1c1ccc(Br)cc1. The van der Waals surface area contributed by atoms with Gasteiger partial charge in [0.25, 0.3) is 0 Å². The van der Waals surface area contributed by atoms with Gasteiger partial charge in [-0.15, -0.1) is 4.81 Å². The Balaban J connectivity index is 1.62. The standard InChI is InChI=1S/C33H23Br2N5S/c34-26-16-20-29(21-17-26)39-31(41)38(28-14-8-3-9-15-28)32(24-10-4-1-5-11-24)33(39,25-12-6-2-7-13-25)37-40(36-32)30-22-18-27(35)19-23-30/h1-23H. The molecule has 5 aromatic carbocycles. The second-order valence-corrected chi connectivity index (χ2v) is 12.0. The van der Waals surface area contributed by atoms with Gasteiger partial charge in [-0.1, -0.05) is 111 Å². The molecule has 1 fully saturated rings. The van der Waals surface area contributed by atoms with Gasteiger partial charge in [-0.2, -0.15) is 10.5 Å². The zero-order valence-corrected chi connectivity index (χ0v) is 25.7. The van der Waals surface area contributed by atoms with E-state index in [1.54, 1.807) is 4.81 Å². The van der Waals surface area contributed by atoms with Gasteiger partial charge < -0.3 is 9.80 Å². The van der Waals surface area contributed by atoms with E-state index in [-0.39, 0.29) is 0 Å². The van der Waals surface area contributed by atoms with E-state index in [1.807, 2.05) is 91.0 Å². The third-order valence-electron chi connectivity index (χ3n) is 7.50. The Morgan fingerprint density at radius 1 is 0.585 bits per heavy atom. The zero-order chi connectivity index (χ0) is 28.0. The summed E-state index contributed by atoms with van der Waals surface area (Å²) in [5, 5.41) is 6.15. The number of azo groups is 1. The van der Waals surface area contributed by atoms with Gasteiger partial charge in [-0.05, 0) is 71.9 Å². The molecule has 0 saturated carbocycles. The van der Waals surface area contributed by atoms with Gasteiger partial charge in [0.05, 0.1) is 0 Å². The van der Waals surface area contributed by atoms with E-state index in [4.69, 9.17) is 22.8 Å². The van der Waals surface area contributed by atoms with Gasteiger partial charge in [0.15, 0.2) is 16.4 Å². The van der Waals surface area contributed by atoms with Crippen molar-refractivity contribution in [2.24, 2.45) is 5.11 Å². The molecule has 0 aromatic heterocycles. The van der Waals surface area contributed by atoms with Crippen LogP contribution in [0.25, 0.3) is 5.43 Å². The van der Waals surface area contributed by atoms with Crippen molar-refractivity contribution in [1.82, 2.24) is 0 Å². The van der Waals surface area contributed by atoms with Crippen molar-refractivity contribution in [3.63, 3.8) is 0 Å². The van der Waals surface area contributed by atoms with E-state index in [1.165, 1.54) is 0 Å². The number of benzene rings is 5. The molecule has 0 spiro atoms. The number of halogens is 2. The van der Waals surface area contributed by atoms with Crippen LogP contribution in [0.1, 0.15) is 11.1 Å². The summed E-state index contributed by atoms with van der Waals surface area (Å²) < 4.78 is 1.97. The van der Waals surface area contributed by atoms with Crippen LogP contribution in [0.15, 0.2) is 154 Å². The fourth-order valence-electron chi connectivity index (χ4n) is 5.78. The maximum atomic E-state index is 6.42. The van der Waals surface area contributed by atoms with Crippen LogP contribution in [-0.4, -0.2) is 9.92 Å². The summed E-state index contributed by atoms with van der Waals surface area (Å²) in [6, 6.07) is 47.2. The van der Waals surface area contributed by atoms with E-state index in [9.17, 15) is 0 Å². The largest absolute Gasteiger partial charge is 0.300 e. The van der Waals surface area contributed by atoms with Crippen LogP contribution in [0.5, 0.6) is 0 Å². The second-order valence-electron chi connectivity index (χ2n) is 9.81. The first-order valence-corrected chi connectivity index (χ1v) is 15.1. The topological polar surface area (TPSA) is 36.0 Å². The molecule has 2 atom stereocenters. The number of rotatable bonds is 5. The van der Waals surface area contributed by atoms with Crippen molar-refractivity contribution in [2.45, 2.75) is 11.3 Å². The first-order valence-electron chi connectivity index (χ1n) is 13.1. The van der Waals surface area contributed by atoms with Crippen molar-refractivity contribution in [3.8, 4) is 0 Å². The first-order chi connectivity index (χ1) is 20.0. The lowest BCUT2D eigenvalue weighted by Crippen LogP contribution is -2.53. The number of hydrogen-bond acceptors (Lipinski definition) is 2. The number of nitrogens with zero attached hydrogens (tertiary/aromatic N) is 5. The lowest BCUT2D eigenvalue weighted by Gasteiger charge is -2.46. The average Bonchev–Trinajstić information content (AvgIpc) is 3.47. The van der Waals surface area contributed by atoms with Crippen molar-refractivity contribution < 1.29 is 4.81 Å². The minimum absolute atomic E-state index is 0.606. The molecular formula is C33H23Br2N5S. The number of fused-ring (bicyclic) bond motifs is 1. The number of anilines is 2. The van der Waals surface area contributed by atoms with Crippen LogP contribution in [0, 0.1) is 0 Å². The Labute approximate surface area is 261 Å². The van der Waals surface area contributed by atoms with E-state index >= 15 is 0 Å². The Kier molecular flexibility index (Phi) is 6.49. The van der Waals surface area contributed by atoms with Crippen LogP contribution in [0.4, 0.5) is 17.1 Å². The van der Waals surface area contributed by atoms with Gasteiger partial charge in [0, 0.05) is 32.5 Å². The average molecular weight is 681 g/mol. The van der Waals surface area contributed by atoms with Gasteiger partial charge in [-0.25, -0.2) is 0 Å². The molecule has 0 N–H and O–H groups in total. The molecule has 0 radical (unpaired) electrons. The third kappa shape index (κ3) is 3.96. The third-order valence-corrected chi connectivity index (χ3v) is 8.93. The summed E-state index contributed by atoms with van der Waals surface area (Å²) >= 11 is 13.6. The van der Waals surface area contributed by atoms with Crippen LogP contribution in [-0.2, 0) is 11.3 Å². The van der Waals surface area contributed by atoms with Crippen LogP contribution in [0.3, 0.4) is 0 Å². The Hall–Kier alpha value is -3.85. The lowest BCUT2D eigenvalue weighted by atomic mass is 9.81. The summed E-state index contributed by atoms with van der Waals surface area (Å²) in [4.78, 5) is 6.09. The lowest BCUT2D eigenvalue weighted by molar-refractivity contribution is -0.457. The van der Waals surface area contributed by atoms with Gasteiger partial charge in [0.2, 0.25) is 5.69 Å². The van der Waals surface area contributed by atoms with Crippen LogP contribution >= 0.6 is 44.1 Å². The predicted molar refractivity (Wildman–Crippen MR) is 174 cm³/mol. The smallest absolute Gasteiger partial charge is 0.225 e. The highest BCUT2D eigenvalue weighted by Gasteiger charge is 2.70. The minimum Gasteiger partial charge on any atom is -0.300 e. The molecule has 1 saturated heterocycles. The molecule has 5 nitrogen and oxygen atoms in total. The van der Waals surface area contributed by atoms with Gasteiger partial charge in [-0.3, -0.25) is 0 Å². The number of thiocarbonyl (C=S) groups is 1. The molecule has 41 heavy (non-hydrogen) atoms. The maximum Gasteiger partial charge on any atom is 0.225 e. The molecule has 7 rings (SSSR count). The highest BCUT2D eigenvalue weighted by Crippen LogP contribution is 2.64. The van der Waals surface area contributed by atoms with Crippen molar-refractivity contribution >= 4 is 66.3 Å². The summed E-state index contributed by atoms with van der Waals surface area (Å²) in [5.41, 5.74) is 7.99. The fraction of sp³-hybridized carbons (Fsp3) is 0.0606. The number of hydrogen-bond donors (Lipinski definition) is 0. The molecule has 2 unspecified atom stereocenters. The van der Waals surface area contributed by atoms with Crippen LogP contribution < -0.4 is 9.80 Å². The van der Waals surface area contributed by atoms with Crippen LogP contribution in [0.2, 0.25) is 0 Å². The Morgan fingerprint density at radius 2 is 1.07 bits per heavy atom. The highest BCUT2D eigenvalue weighted by molar-refractivity contribution is 9.10. The fourth-order valence-corrected chi connectivity index (χ4v) is 6.79. The number of para-hydroxylation sites is 1. The van der Waals surface area contributed by atoms with Crippen molar-refractivity contribution in [3.05, 3.63) is 165 Å². The second kappa shape index (κ2) is 10.2. The molecule has 2 heterocycles.